The van der Waals surface area contributed by atoms with E-state index in [9.17, 15) is 24.1 Å². The van der Waals surface area contributed by atoms with Crippen LogP contribution in [-0.4, -0.2) is 69.7 Å². The molecule has 0 saturated carbocycles. The average molecular weight is 893 g/mol. The third-order valence-electron chi connectivity index (χ3n) is 9.36. The summed E-state index contributed by atoms with van der Waals surface area (Å²) in [6.07, 6.45) is 2.23. The van der Waals surface area contributed by atoms with E-state index in [-0.39, 0.29) is 50.4 Å². The molecule has 1 aliphatic rings. The monoisotopic (exact) mass is 892 g/mol. The zero-order valence-electron chi connectivity index (χ0n) is 38.6. The summed E-state index contributed by atoms with van der Waals surface area (Å²) in [5, 5.41) is 10.5. The van der Waals surface area contributed by atoms with Crippen LogP contribution in [0.15, 0.2) is 64.5 Å². The molecule has 0 spiro atoms. The predicted molar refractivity (Wildman–Crippen MR) is 240 cm³/mol. The molecular weight excluding hydrogens is 828 g/mol. The highest BCUT2D eigenvalue weighted by molar-refractivity contribution is 7.48. The Balaban J connectivity index is 1.55. The van der Waals surface area contributed by atoms with Crippen LogP contribution in [0.2, 0.25) is 0 Å². The molecule has 63 heavy (non-hydrogen) atoms. The maximum atomic E-state index is 14.1. The molecule has 3 aromatic rings. The standard InChI is InChI=1S/C47H65N4O11P/c1-12-40-39(52)25-41(62-40)51-28-36(42(49-45(51)55)48-31-50(26-32(2)3)27-33(4)5)15-13-14-24-57-63(56,58-29-34-16-20-37(21-17-34)60-43(53)46(6,7)8)59-30-35-18-22-38(23-19-35)61-44(54)47(9,10)11/h16-23,28,31-33,39-41,52H,12,14,24-27,29-30H2,1-11H3/b48-31+. The molecule has 1 aliphatic heterocycles. The molecule has 344 valence electrons. The number of carbonyl (C=O) groups excluding carboxylic acids is 2. The fourth-order valence-electron chi connectivity index (χ4n) is 5.96. The summed E-state index contributed by atoms with van der Waals surface area (Å²) in [7, 11) is -4.24. The van der Waals surface area contributed by atoms with Crippen molar-refractivity contribution in [1.82, 2.24) is 14.5 Å². The van der Waals surface area contributed by atoms with Crippen molar-refractivity contribution >= 4 is 31.9 Å². The summed E-state index contributed by atoms with van der Waals surface area (Å²) in [5.41, 5.74) is -0.374. The van der Waals surface area contributed by atoms with Gasteiger partial charge in [0, 0.05) is 32.1 Å². The topological polar surface area (TPSA) is 177 Å². The van der Waals surface area contributed by atoms with Crippen molar-refractivity contribution < 1.29 is 47.0 Å². The van der Waals surface area contributed by atoms with Crippen molar-refractivity contribution in [3.8, 4) is 23.3 Å². The fourth-order valence-corrected chi connectivity index (χ4v) is 7.12. The van der Waals surface area contributed by atoms with Crippen LogP contribution >= 0.6 is 7.82 Å². The summed E-state index contributed by atoms with van der Waals surface area (Å²) < 4.78 is 49.8. The van der Waals surface area contributed by atoms with E-state index in [1.54, 1.807) is 103 Å². The number of rotatable bonds is 19. The molecule has 16 heteroatoms. The molecule has 1 aromatic heterocycles. The van der Waals surface area contributed by atoms with Gasteiger partial charge in [0.2, 0.25) is 0 Å². The predicted octanol–water partition coefficient (Wildman–Crippen LogP) is 8.78. The van der Waals surface area contributed by atoms with Crippen molar-refractivity contribution in [2.45, 2.75) is 127 Å². The normalized spacial score (nSPS) is 17.0. The van der Waals surface area contributed by atoms with Gasteiger partial charge in [-0.05, 0) is 95.2 Å². The van der Waals surface area contributed by atoms with Gasteiger partial charge in [0.05, 0.1) is 54.8 Å². The lowest BCUT2D eigenvalue weighted by Crippen LogP contribution is -2.30. The number of aromatic nitrogens is 2. The molecular formula is C47H65N4O11P. The van der Waals surface area contributed by atoms with Gasteiger partial charge >= 0.3 is 25.5 Å². The number of benzene rings is 2. The Morgan fingerprint density at radius 3 is 1.86 bits per heavy atom. The van der Waals surface area contributed by atoms with E-state index in [1.165, 1.54) is 4.57 Å². The van der Waals surface area contributed by atoms with E-state index < -0.39 is 42.8 Å². The largest absolute Gasteiger partial charge is 0.475 e. The van der Waals surface area contributed by atoms with E-state index in [1.807, 2.05) is 6.92 Å². The van der Waals surface area contributed by atoms with Crippen LogP contribution in [0.4, 0.5) is 5.82 Å². The van der Waals surface area contributed by atoms with Crippen molar-refractivity contribution in [1.29, 1.82) is 0 Å². The van der Waals surface area contributed by atoms with E-state index in [0.717, 1.165) is 13.1 Å². The summed E-state index contributed by atoms with van der Waals surface area (Å²) in [6.45, 7) is 22.0. The lowest BCUT2D eigenvalue weighted by molar-refractivity contribution is -0.143. The zero-order chi connectivity index (χ0) is 46.5. The Hall–Kier alpha value is -4.68. The number of phosphoric ester groups is 1. The zero-order valence-corrected chi connectivity index (χ0v) is 39.5. The highest BCUT2D eigenvalue weighted by Crippen LogP contribution is 2.51. The van der Waals surface area contributed by atoms with Gasteiger partial charge in [0.1, 0.15) is 17.7 Å². The first-order valence-electron chi connectivity index (χ1n) is 21.4. The van der Waals surface area contributed by atoms with E-state index in [4.69, 9.17) is 27.8 Å². The van der Waals surface area contributed by atoms with Gasteiger partial charge in [-0.2, -0.15) is 4.98 Å². The number of aliphatic hydroxyl groups is 1. The molecule has 4 rings (SSSR count). The smallest absolute Gasteiger partial charge is 0.426 e. The number of ether oxygens (including phenoxy) is 3. The van der Waals surface area contributed by atoms with Crippen LogP contribution in [-0.2, 0) is 45.7 Å². The molecule has 1 fully saturated rings. The second kappa shape index (κ2) is 22.8. The molecule has 0 bridgehead atoms. The van der Waals surface area contributed by atoms with Crippen LogP contribution in [0, 0.1) is 34.5 Å². The number of hydrogen-bond acceptors (Lipinski definition) is 13. The lowest BCUT2D eigenvalue weighted by Gasteiger charge is -2.23. The van der Waals surface area contributed by atoms with Gasteiger partial charge in [-0.1, -0.05) is 70.7 Å². The number of carbonyl (C=O) groups is 2. The maximum Gasteiger partial charge on any atom is 0.475 e. The second-order valence-corrected chi connectivity index (χ2v) is 20.1. The molecule has 1 N–H and O–H groups in total. The third-order valence-corrected chi connectivity index (χ3v) is 10.8. The van der Waals surface area contributed by atoms with Crippen LogP contribution in [0.1, 0.15) is 118 Å². The highest BCUT2D eigenvalue weighted by atomic mass is 31.2. The summed E-state index contributed by atoms with van der Waals surface area (Å²) in [4.78, 5) is 49.0. The number of esters is 2. The highest BCUT2D eigenvalue weighted by Gasteiger charge is 2.35. The van der Waals surface area contributed by atoms with Crippen LogP contribution in [0.3, 0.4) is 0 Å². The first-order chi connectivity index (χ1) is 29.5. The summed E-state index contributed by atoms with van der Waals surface area (Å²) in [6, 6.07) is 13.2. The van der Waals surface area contributed by atoms with E-state index >= 15 is 0 Å². The van der Waals surface area contributed by atoms with Gasteiger partial charge in [-0.3, -0.25) is 27.7 Å². The van der Waals surface area contributed by atoms with Gasteiger partial charge in [-0.25, -0.2) is 14.4 Å². The van der Waals surface area contributed by atoms with Crippen LogP contribution in [0.5, 0.6) is 11.5 Å². The van der Waals surface area contributed by atoms with Crippen LogP contribution in [0.25, 0.3) is 0 Å². The van der Waals surface area contributed by atoms with E-state index in [2.05, 4.69) is 54.4 Å². The Labute approximate surface area is 372 Å². The molecule has 3 unspecified atom stereocenters. The molecule has 15 nitrogen and oxygen atoms in total. The molecule has 0 radical (unpaired) electrons. The number of hydrogen-bond donors (Lipinski definition) is 1. The average Bonchev–Trinajstić information content (AvgIpc) is 3.58. The van der Waals surface area contributed by atoms with Gasteiger partial charge in [0.25, 0.3) is 0 Å². The Bertz CT molecular complexity index is 2090. The van der Waals surface area contributed by atoms with Crippen molar-refractivity contribution in [2.24, 2.45) is 27.7 Å². The van der Waals surface area contributed by atoms with Gasteiger partial charge in [0.15, 0.2) is 5.82 Å². The minimum Gasteiger partial charge on any atom is -0.426 e. The minimum atomic E-state index is -4.24. The molecule has 0 amide bonds. The Kier molecular flexibility index (Phi) is 18.4. The summed E-state index contributed by atoms with van der Waals surface area (Å²) >= 11 is 0. The Morgan fingerprint density at radius 1 is 0.905 bits per heavy atom. The quantitative estimate of drug-likeness (QED) is 0.0230. The molecule has 2 aromatic carbocycles. The molecule has 3 atom stereocenters. The van der Waals surface area contributed by atoms with Crippen molar-refractivity contribution in [3.63, 3.8) is 0 Å². The van der Waals surface area contributed by atoms with E-state index in [0.29, 0.717) is 46.4 Å². The fraction of sp³-hybridized carbons (Fsp3) is 0.553. The SMILES string of the molecule is CCC1OC(n2cc(C#CCCOP(=O)(OCc3ccc(OC(=O)C(C)(C)C)cc3)OCc3ccc(OC(=O)C(C)(C)C)cc3)c(/N=C/N(CC(C)C)CC(C)C)nc2=O)CC1O. The van der Waals surface area contributed by atoms with Gasteiger partial charge < -0.3 is 24.2 Å². The van der Waals surface area contributed by atoms with Crippen molar-refractivity contribution in [2.75, 3.05) is 19.7 Å². The molecule has 0 aliphatic carbocycles. The van der Waals surface area contributed by atoms with Crippen molar-refractivity contribution in [3.05, 3.63) is 81.9 Å². The first-order valence-corrected chi connectivity index (χ1v) is 22.9. The molecule has 1 saturated heterocycles. The Morgan fingerprint density at radius 2 is 1.41 bits per heavy atom. The number of aliphatic imine (C=N–C) groups is 1. The minimum absolute atomic E-state index is 0.0735. The molecule has 2 heterocycles. The number of phosphoric acid groups is 1. The number of nitrogens with zero attached hydrogens (tertiary/aromatic N) is 4. The first kappa shape index (κ1) is 51.0. The third kappa shape index (κ3) is 16.4. The lowest BCUT2D eigenvalue weighted by atomic mass is 9.97. The van der Waals surface area contributed by atoms with Crippen LogP contribution < -0.4 is 15.2 Å². The second-order valence-electron chi connectivity index (χ2n) is 18.4. The maximum absolute atomic E-state index is 14.1. The summed E-state index contributed by atoms with van der Waals surface area (Å²) in [5.74, 6) is 6.88. The van der Waals surface area contributed by atoms with Gasteiger partial charge in [-0.15, -0.1) is 0 Å². The number of aliphatic hydroxyl groups excluding tert-OH is 1.